The SMILES string of the molecule is COc1ccc(-c2c(C)nc(N3CCC(N)CC3)c(C#N)c2-c2ccc(C#N)c(F)c2)cc1O. The number of hydrogen-bond acceptors (Lipinski definition) is 7. The van der Waals surface area contributed by atoms with Crippen LogP contribution in [0.15, 0.2) is 36.4 Å². The van der Waals surface area contributed by atoms with E-state index in [9.17, 15) is 14.8 Å². The molecule has 0 spiro atoms. The molecule has 1 aliphatic heterocycles. The number of methoxy groups -OCH3 is 1. The van der Waals surface area contributed by atoms with Gasteiger partial charge in [-0.05, 0) is 55.2 Å². The van der Waals surface area contributed by atoms with Gasteiger partial charge in [0.2, 0.25) is 0 Å². The van der Waals surface area contributed by atoms with Crippen molar-refractivity contribution in [2.45, 2.75) is 25.8 Å². The minimum atomic E-state index is -0.674. The predicted octanol–water partition coefficient (Wildman–Crippen LogP) is 4.25. The molecular weight excluding hydrogens is 433 g/mol. The van der Waals surface area contributed by atoms with Gasteiger partial charge in [0.1, 0.15) is 29.3 Å². The fourth-order valence-electron chi connectivity index (χ4n) is 4.38. The Morgan fingerprint density at radius 3 is 2.35 bits per heavy atom. The Balaban J connectivity index is 2.01. The molecule has 0 amide bonds. The summed E-state index contributed by atoms with van der Waals surface area (Å²) >= 11 is 0. The summed E-state index contributed by atoms with van der Waals surface area (Å²) in [6.45, 7) is 3.14. The first-order valence-electron chi connectivity index (χ1n) is 10.9. The quantitative estimate of drug-likeness (QED) is 0.601. The number of phenols is 1. The minimum absolute atomic E-state index is 0.0658. The topological polar surface area (TPSA) is 119 Å². The van der Waals surface area contributed by atoms with Crippen LogP contribution in [0.5, 0.6) is 11.5 Å². The number of benzene rings is 2. The van der Waals surface area contributed by atoms with E-state index in [1.54, 1.807) is 18.2 Å². The zero-order chi connectivity index (χ0) is 24.4. The number of halogens is 1. The van der Waals surface area contributed by atoms with Gasteiger partial charge in [0.15, 0.2) is 11.5 Å². The molecule has 7 nitrogen and oxygen atoms in total. The van der Waals surface area contributed by atoms with Gasteiger partial charge < -0.3 is 20.5 Å². The van der Waals surface area contributed by atoms with Crippen LogP contribution in [0.3, 0.4) is 0 Å². The lowest BCUT2D eigenvalue weighted by Gasteiger charge is -2.33. The maximum atomic E-state index is 14.7. The highest BCUT2D eigenvalue weighted by atomic mass is 19.1. The van der Waals surface area contributed by atoms with Gasteiger partial charge >= 0.3 is 0 Å². The van der Waals surface area contributed by atoms with Gasteiger partial charge in [-0.3, -0.25) is 0 Å². The van der Waals surface area contributed by atoms with Crippen LogP contribution in [-0.2, 0) is 0 Å². The summed E-state index contributed by atoms with van der Waals surface area (Å²) in [5, 5.41) is 29.8. The molecule has 172 valence electrons. The molecule has 4 rings (SSSR count). The number of piperidine rings is 1. The Labute approximate surface area is 197 Å². The summed E-state index contributed by atoms with van der Waals surface area (Å²) < 4.78 is 19.8. The molecule has 0 saturated carbocycles. The van der Waals surface area contributed by atoms with E-state index >= 15 is 0 Å². The number of phenolic OH excluding ortho intramolecular Hbond substituents is 1. The van der Waals surface area contributed by atoms with E-state index in [4.69, 9.17) is 20.7 Å². The molecule has 1 aromatic heterocycles. The highest BCUT2D eigenvalue weighted by Gasteiger charge is 2.27. The van der Waals surface area contributed by atoms with E-state index in [2.05, 4.69) is 6.07 Å². The maximum absolute atomic E-state index is 14.7. The van der Waals surface area contributed by atoms with Crippen molar-refractivity contribution < 1.29 is 14.2 Å². The van der Waals surface area contributed by atoms with Crippen molar-refractivity contribution in [2.75, 3.05) is 25.1 Å². The van der Waals surface area contributed by atoms with Gasteiger partial charge in [0.25, 0.3) is 0 Å². The van der Waals surface area contributed by atoms with Crippen molar-refractivity contribution >= 4 is 5.82 Å². The van der Waals surface area contributed by atoms with Crippen LogP contribution in [0.25, 0.3) is 22.3 Å². The smallest absolute Gasteiger partial charge is 0.160 e. The van der Waals surface area contributed by atoms with Crippen molar-refractivity contribution in [3.63, 3.8) is 0 Å². The Bertz CT molecular complexity index is 1330. The average molecular weight is 458 g/mol. The highest BCUT2D eigenvalue weighted by molar-refractivity contribution is 5.92. The molecule has 34 heavy (non-hydrogen) atoms. The molecule has 0 unspecified atom stereocenters. The van der Waals surface area contributed by atoms with Gasteiger partial charge in [-0.1, -0.05) is 12.1 Å². The molecule has 0 radical (unpaired) electrons. The lowest BCUT2D eigenvalue weighted by molar-refractivity contribution is 0.373. The Morgan fingerprint density at radius 2 is 1.76 bits per heavy atom. The molecule has 1 fully saturated rings. The molecular formula is C26H24FN5O2. The molecule has 2 heterocycles. The van der Waals surface area contributed by atoms with Crippen LogP contribution in [0, 0.1) is 35.4 Å². The van der Waals surface area contributed by atoms with Crippen LogP contribution in [0.4, 0.5) is 10.2 Å². The average Bonchev–Trinajstić information content (AvgIpc) is 2.83. The van der Waals surface area contributed by atoms with Crippen molar-refractivity contribution in [1.82, 2.24) is 4.98 Å². The lowest BCUT2D eigenvalue weighted by atomic mass is 9.89. The Hall–Kier alpha value is -4.14. The fraction of sp³-hybridized carbons (Fsp3) is 0.269. The third-order valence-electron chi connectivity index (χ3n) is 6.16. The number of nitrogens with two attached hydrogens (primary N) is 1. The molecule has 0 atom stereocenters. The second kappa shape index (κ2) is 9.38. The number of ether oxygens (including phenoxy) is 1. The van der Waals surface area contributed by atoms with Gasteiger partial charge in [0.05, 0.1) is 12.7 Å². The molecule has 1 saturated heterocycles. The van der Waals surface area contributed by atoms with Crippen LogP contribution in [-0.4, -0.2) is 36.3 Å². The number of pyridine rings is 1. The fourth-order valence-corrected chi connectivity index (χ4v) is 4.38. The molecule has 2 aromatic carbocycles. The number of nitrogens with zero attached hydrogens (tertiary/aromatic N) is 4. The van der Waals surface area contributed by atoms with Crippen molar-refractivity contribution in [3.05, 3.63) is 59.0 Å². The largest absolute Gasteiger partial charge is 0.504 e. The van der Waals surface area contributed by atoms with Gasteiger partial charge in [0, 0.05) is 36.0 Å². The van der Waals surface area contributed by atoms with Crippen LogP contribution >= 0.6 is 0 Å². The number of hydrogen-bond donors (Lipinski definition) is 2. The summed E-state index contributed by atoms with van der Waals surface area (Å²) in [5.41, 5.74) is 9.04. The van der Waals surface area contributed by atoms with Crippen molar-refractivity contribution in [1.29, 1.82) is 10.5 Å². The molecule has 3 N–H and O–H groups in total. The predicted molar refractivity (Wildman–Crippen MR) is 127 cm³/mol. The second-order valence-electron chi connectivity index (χ2n) is 8.28. The second-order valence-corrected chi connectivity index (χ2v) is 8.28. The van der Waals surface area contributed by atoms with Crippen molar-refractivity contribution in [3.8, 4) is 45.9 Å². The zero-order valence-electron chi connectivity index (χ0n) is 19.0. The molecule has 0 bridgehead atoms. The summed E-state index contributed by atoms with van der Waals surface area (Å²) in [6, 6.07) is 13.4. The number of anilines is 1. The molecule has 8 heteroatoms. The number of nitriles is 2. The van der Waals surface area contributed by atoms with Crippen LogP contribution in [0.1, 0.15) is 29.7 Å². The third kappa shape index (κ3) is 4.12. The molecule has 3 aromatic rings. The lowest BCUT2D eigenvalue weighted by Crippen LogP contribution is -2.40. The summed E-state index contributed by atoms with van der Waals surface area (Å²) in [7, 11) is 1.46. The standard InChI is InChI=1S/C26H24FN5O2/c1-15-24(17-5-6-23(34-2)22(33)12-17)25(16-3-4-18(13-28)21(27)11-16)20(14-29)26(31-15)32-9-7-19(30)8-10-32/h3-6,11-12,19,33H,7-10,30H2,1-2H3. The van der Waals surface area contributed by atoms with Gasteiger partial charge in [-0.2, -0.15) is 10.5 Å². The van der Waals surface area contributed by atoms with Crippen LogP contribution < -0.4 is 15.4 Å². The van der Waals surface area contributed by atoms with E-state index in [0.717, 1.165) is 12.8 Å². The number of aromatic nitrogens is 1. The zero-order valence-corrected chi connectivity index (χ0v) is 19.0. The minimum Gasteiger partial charge on any atom is -0.504 e. The Morgan fingerprint density at radius 1 is 1.09 bits per heavy atom. The van der Waals surface area contributed by atoms with Crippen molar-refractivity contribution in [2.24, 2.45) is 5.73 Å². The summed E-state index contributed by atoms with van der Waals surface area (Å²) in [6.07, 6.45) is 1.56. The van der Waals surface area contributed by atoms with Gasteiger partial charge in [-0.25, -0.2) is 9.37 Å². The van der Waals surface area contributed by atoms with E-state index in [1.807, 2.05) is 17.9 Å². The molecule has 1 aliphatic rings. The van der Waals surface area contributed by atoms with E-state index in [-0.39, 0.29) is 17.4 Å². The Kier molecular flexibility index (Phi) is 6.36. The maximum Gasteiger partial charge on any atom is 0.160 e. The monoisotopic (exact) mass is 457 g/mol. The first-order chi connectivity index (χ1) is 16.4. The van der Waals surface area contributed by atoms with Gasteiger partial charge in [-0.15, -0.1) is 0 Å². The first-order valence-corrected chi connectivity index (χ1v) is 10.9. The van der Waals surface area contributed by atoms with E-state index in [1.165, 1.54) is 25.3 Å². The van der Waals surface area contributed by atoms with E-state index < -0.39 is 5.82 Å². The van der Waals surface area contributed by atoms with Crippen LogP contribution in [0.2, 0.25) is 0 Å². The summed E-state index contributed by atoms with van der Waals surface area (Å²) in [5.74, 6) is 0.0894. The summed E-state index contributed by atoms with van der Waals surface area (Å²) in [4.78, 5) is 6.82. The number of aryl methyl sites for hydroxylation is 1. The number of rotatable bonds is 4. The normalized spacial score (nSPS) is 13.9. The van der Waals surface area contributed by atoms with E-state index in [0.29, 0.717) is 58.2 Å². The first kappa shape index (κ1) is 23.0. The third-order valence-corrected chi connectivity index (χ3v) is 6.16. The highest BCUT2D eigenvalue weighted by Crippen LogP contribution is 2.43. The molecule has 0 aliphatic carbocycles. The number of aromatic hydroxyl groups is 1.